The Hall–Kier alpha value is 0.949. The van der Waals surface area contributed by atoms with Crippen molar-refractivity contribution in [3.8, 4) is 0 Å². The second-order valence-electron chi connectivity index (χ2n) is 0.499. The number of hydrogen-bond donors (Lipinski definition) is 0. The molecule has 0 aliphatic rings. The molecular weight excluding hydrogens is 179 g/mol. The van der Waals surface area contributed by atoms with E-state index in [1.807, 2.05) is 0 Å². The Kier molecular flexibility index (Phi) is 2.72. The van der Waals surface area contributed by atoms with Gasteiger partial charge in [-0.25, -0.2) is 0 Å². The predicted molar refractivity (Wildman–Crippen MR) is 21.2 cm³/mol. The fraction of sp³-hybridized carbons (Fsp3) is 1.00. The van der Waals surface area contributed by atoms with E-state index in [1.165, 1.54) is 0 Å². The molecule has 0 spiro atoms. The van der Waals surface area contributed by atoms with Gasteiger partial charge in [0, 0.05) is 0 Å². The minimum atomic E-state index is -0.481. The van der Waals surface area contributed by atoms with Crippen LogP contribution < -0.4 is 0 Å². The van der Waals surface area contributed by atoms with Gasteiger partial charge in [-0.2, -0.15) is 0 Å². The van der Waals surface area contributed by atoms with Gasteiger partial charge >= 0.3 is 39.6 Å². The zero-order valence-electron chi connectivity index (χ0n) is 2.39. The molecule has 1 unspecified atom stereocenters. The summed E-state index contributed by atoms with van der Waals surface area (Å²) < 4.78 is 9.61. The van der Waals surface area contributed by atoms with E-state index < -0.39 is 7.98 Å². The van der Waals surface area contributed by atoms with Crippen molar-refractivity contribution in [2.75, 3.05) is 6.26 Å². The molecule has 0 fully saturated rings. The predicted octanol–water partition coefficient (Wildman–Crippen LogP) is -0.819. The summed E-state index contributed by atoms with van der Waals surface area (Å²) in [6, 6.07) is 0. The van der Waals surface area contributed by atoms with Crippen LogP contribution in [-0.4, -0.2) is 31.6 Å². The third-order valence-corrected chi connectivity index (χ3v) is 0. The summed E-state index contributed by atoms with van der Waals surface area (Å²) >= 11 is 0.873. The van der Waals surface area contributed by atoms with Crippen molar-refractivity contribution in [1.29, 1.82) is 0 Å². The van der Waals surface area contributed by atoms with Crippen LogP contribution in [0.25, 0.3) is 0 Å². The molecule has 0 amide bonds. The zero-order chi connectivity index (χ0) is 3.58. The molecule has 3 heteroatoms. The fourth-order valence-corrected chi connectivity index (χ4v) is 0. The summed E-state index contributed by atoms with van der Waals surface area (Å²) in [5.74, 6) is 0. The van der Waals surface area contributed by atoms with Gasteiger partial charge in [0.1, 0.15) is 0 Å². The third kappa shape index (κ3) is 12.4. The average Bonchev–Trinajstić information content (AvgIpc) is 0.811. The van der Waals surface area contributed by atoms with Crippen molar-refractivity contribution in [2.45, 2.75) is 0 Å². The van der Waals surface area contributed by atoms with E-state index in [-0.39, 0.29) is 0 Å². The number of rotatable bonds is 0. The van der Waals surface area contributed by atoms with Crippen molar-refractivity contribution < 1.29 is 4.21 Å². The molecule has 1 atom stereocenters. The standard InChI is InChI=1S/CH3OS.Sn.H/c1-3-2;;/h1H3;;/q+1;-1;. The summed E-state index contributed by atoms with van der Waals surface area (Å²) in [7, 11) is -0.481. The summed E-state index contributed by atoms with van der Waals surface area (Å²) in [6.07, 6.45) is 1.70. The summed E-state index contributed by atoms with van der Waals surface area (Å²) in [4.78, 5) is 0. The van der Waals surface area contributed by atoms with Crippen molar-refractivity contribution in [2.24, 2.45) is 0 Å². The second kappa shape index (κ2) is 2.20. The van der Waals surface area contributed by atoms with Crippen LogP contribution in [0.3, 0.4) is 0 Å². The Morgan fingerprint density at radius 1 is 2.00 bits per heavy atom. The van der Waals surface area contributed by atoms with Crippen molar-refractivity contribution >= 4 is 29.1 Å². The molecule has 0 aliphatic carbocycles. The molecule has 0 bridgehead atoms. The first-order chi connectivity index (χ1) is 1.73. The molecular formula is CH4OSSn. The Balaban J connectivity index is 2.80. The molecule has 0 aromatic rings. The van der Waals surface area contributed by atoms with Crippen molar-refractivity contribution in [1.82, 2.24) is 0 Å². The Morgan fingerprint density at radius 2 is 2.00 bits per heavy atom. The Morgan fingerprint density at radius 3 is 2.00 bits per heavy atom. The Bertz CT molecular complexity index is 31.0. The van der Waals surface area contributed by atoms with Crippen LogP contribution in [0.4, 0.5) is 0 Å². The van der Waals surface area contributed by atoms with E-state index in [0.29, 0.717) is 0 Å². The van der Waals surface area contributed by atoms with Crippen LogP contribution in [0.2, 0.25) is 0 Å². The normalized spacial score (nSPS) is 15.5. The average molecular weight is 183 g/mol. The summed E-state index contributed by atoms with van der Waals surface area (Å²) in [5, 5.41) is 0. The molecule has 0 aromatic heterocycles. The molecule has 2 radical (unpaired) electrons. The fourth-order valence-electron chi connectivity index (χ4n) is 0. The van der Waals surface area contributed by atoms with Crippen LogP contribution in [-0.2, 0) is 7.98 Å². The molecule has 24 valence electrons. The first-order valence-electron chi connectivity index (χ1n) is 0.811. The van der Waals surface area contributed by atoms with E-state index in [4.69, 9.17) is 0 Å². The van der Waals surface area contributed by atoms with E-state index in [1.54, 1.807) is 6.26 Å². The molecule has 0 saturated heterocycles. The molecule has 0 saturated carbocycles. The first kappa shape index (κ1) is 4.95. The molecule has 0 aromatic carbocycles. The maximum atomic E-state index is 9.61. The minimum absolute atomic E-state index is 0.481. The monoisotopic (exact) mass is 184 g/mol. The van der Waals surface area contributed by atoms with Crippen LogP contribution in [0.5, 0.6) is 0 Å². The topological polar surface area (TPSA) is 17.1 Å². The molecule has 4 heavy (non-hydrogen) atoms. The first-order valence-corrected chi connectivity index (χ1v) is 6.47. The van der Waals surface area contributed by atoms with E-state index in [0.717, 1.165) is 21.1 Å². The quantitative estimate of drug-likeness (QED) is 0.448. The van der Waals surface area contributed by atoms with Crippen LogP contribution in [0.1, 0.15) is 0 Å². The molecule has 1 nitrogen and oxygen atoms in total. The maximum absolute atomic E-state index is 9.61. The molecule has 0 N–H and O–H groups in total. The van der Waals surface area contributed by atoms with Crippen LogP contribution in [0.15, 0.2) is 0 Å². The van der Waals surface area contributed by atoms with Crippen molar-refractivity contribution in [3.05, 3.63) is 0 Å². The van der Waals surface area contributed by atoms with Gasteiger partial charge < -0.3 is 0 Å². The van der Waals surface area contributed by atoms with E-state index in [2.05, 4.69) is 0 Å². The SMILES string of the molecule is C[S](=O)[SnH]. The van der Waals surface area contributed by atoms with Gasteiger partial charge in [0.2, 0.25) is 0 Å². The van der Waals surface area contributed by atoms with Gasteiger partial charge in [-0.15, -0.1) is 0 Å². The third-order valence-electron chi connectivity index (χ3n) is 0. The van der Waals surface area contributed by atoms with Gasteiger partial charge in [-0.1, -0.05) is 0 Å². The summed E-state index contributed by atoms with van der Waals surface area (Å²) in [5.41, 5.74) is 0. The molecule has 0 heterocycles. The zero-order valence-corrected chi connectivity index (χ0v) is 6.51. The summed E-state index contributed by atoms with van der Waals surface area (Å²) in [6.45, 7) is 0. The van der Waals surface area contributed by atoms with Crippen molar-refractivity contribution in [3.63, 3.8) is 0 Å². The van der Waals surface area contributed by atoms with E-state index >= 15 is 0 Å². The Labute approximate surface area is 39.8 Å². The van der Waals surface area contributed by atoms with E-state index in [9.17, 15) is 4.21 Å². The number of hydrogen-bond acceptors (Lipinski definition) is 1. The molecule has 0 aliphatic heterocycles. The van der Waals surface area contributed by atoms with Gasteiger partial charge in [-0.05, 0) is 0 Å². The van der Waals surface area contributed by atoms with Gasteiger partial charge in [-0.3, -0.25) is 0 Å². The second-order valence-corrected chi connectivity index (χ2v) is 7.18. The molecule has 0 rings (SSSR count). The van der Waals surface area contributed by atoms with Gasteiger partial charge in [0.05, 0.1) is 0 Å². The van der Waals surface area contributed by atoms with Gasteiger partial charge in [0.15, 0.2) is 0 Å². The van der Waals surface area contributed by atoms with Crippen LogP contribution in [0, 0.1) is 0 Å². The van der Waals surface area contributed by atoms with Gasteiger partial charge in [0.25, 0.3) is 0 Å². The van der Waals surface area contributed by atoms with Crippen LogP contribution >= 0.6 is 0 Å².